The normalized spacial score (nSPS) is 17.8. The van der Waals surface area contributed by atoms with Crippen LogP contribution in [0, 0.1) is 13.8 Å². The summed E-state index contributed by atoms with van der Waals surface area (Å²) in [5, 5.41) is 11.6. The molecule has 7 heteroatoms. The van der Waals surface area contributed by atoms with E-state index in [0.717, 1.165) is 25.8 Å². The summed E-state index contributed by atoms with van der Waals surface area (Å²) in [6.45, 7) is 3.99. The van der Waals surface area contributed by atoms with Crippen LogP contribution in [-0.4, -0.2) is 21.8 Å². The highest BCUT2D eigenvalue weighted by Gasteiger charge is 2.48. The quantitative estimate of drug-likeness (QED) is 0.196. The van der Waals surface area contributed by atoms with Crippen LogP contribution in [0.2, 0.25) is 0 Å². The van der Waals surface area contributed by atoms with Crippen molar-refractivity contribution < 1.29 is 14.7 Å². The van der Waals surface area contributed by atoms with Gasteiger partial charge in [-0.15, -0.1) is 0 Å². The molecule has 0 aliphatic carbocycles. The second-order valence-electron chi connectivity index (χ2n) is 8.01. The number of carbonyl (C=O) groups is 2. The summed E-state index contributed by atoms with van der Waals surface area (Å²) in [5.74, 6) is -1.62. The summed E-state index contributed by atoms with van der Waals surface area (Å²) < 4.78 is 1.82. The first-order valence-electron chi connectivity index (χ1n) is 10.3. The van der Waals surface area contributed by atoms with Gasteiger partial charge in [0, 0.05) is 10.0 Å². The monoisotopic (exact) mass is 518 g/mol. The molecule has 5 nitrogen and oxygen atoms in total. The highest BCUT2D eigenvalue weighted by Crippen LogP contribution is 2.44. The lowest BCUT2D eigenvalue weighted by atomic mass is 9.95. The molecule has 1 aliphatic rings. The van der Waals surface area contributed by atoms with Crippen LogP contribution in [0.15, 0.2) is 76.8 Å². The number of Topliss-reactive ketones (excluding diaryl/α,β-unsaturated/α-hetero) is 1. The predicted molar refractivity (Wildman–Crippen MR) is 134 cm³/mol. The van der Waals surface area contributed by atoms with Gasteiger partial charge in [0.05, 0.1) is 21.8 Å². The number of thiazole rings is 1. The van der Waals surface area contributed by atoms with E-state index in [9.17, 15) is 14.7 Å². The lowest BCUT2D eigenvalue weighted by Gasteiger charge is -2.23. The third-order valence-corrected chi connectivity index (χ3v) is 7.23. The molecule has 0 unspecified atom stereocenters. The minimum Gasteiger partial charge on any atom is -0.507 e. The minimum atomic E-state index is -0.791. The van der Waals surface area contributed by atoms with E-state index in [1.807, 2.05) is 56.3 Å². The number of ketones is 1. The average Bonchev–Trinajstić information content (AvgIpc) is 3.33. The molecule has 1 aliphatic heterocycles. The molecule has 164 valence electrons. The Morgan fingerprint density at radius 1 is 1.03 bits per heavy atom. The van der Waals surface area contributed by atoms with E-state index < -0.39 is 17.7 Å². The number of hydrogen-bond donors (Lipinski definition) is 1. The molecule has 0 saturated carbocycles. The molecule has 0 spiro atoms. The van der Waals surface area contributed by atoms with Crippen molar-refractivity contribution in [3.8, 4) is 0 Å². The molecule has 33 heavy (non-hydrogen) atoms. The Hall–Kier alpha value is -3.29. The number of carbonyl (C=O) groups excluding carboxylic acids is 2. The Morgan fingerprint density at radius 2 is 1.73 bits per heavy atom. The number of aliphatic hydroxyl groups is 1. The fraction of sp³-hybridized carbons (Fsp3) is 0.115. The lowest BCUT2D eigenvalue weighted by molar-refractivity contribution is -0.132. The summed E-state index contributed by atoms with van der Waals surface area (Å²) in [5.41, 5.74) is 4.16. The molecule has 1 N–H and O–H groups in total. The first-order valence-corrected chi connectivity index (χ1v) is 12.0. The number of hydrogen-bond acceptors (Lipinski definition) is 5. The van der Waals surface area contributed by atoms with E-state index in [1.54, 1.807) is 24.3 Å². The number of aryl methyl sites for hydroxylation is 2. The van der Waals surface area contributed by atoms with Crippen molar-refractivity contribution in [3.05, 3.63) is 99.0 Å². The summed E-state index contributed by atoms with van der Waals surface area (Å²) in [6.07, 6.45) is 0. The van der Waals surface area contributed by atoms with Crippen molar-refractivity contribution in [2.75, 3.05) is 4.90 Å². The maximum Gasteiger partial charge on any atom is 0.301 e. The second kappa shape index (κ2) is 8.24. The molecule has 1 amide bonds. The Bertz CT molecular complexity index is 1440. The number of rotatable bonds is 3. The van der Waals surface area contributed by atoms with Gasteiger partial charge >= 0.3 is 5.91 Å². The van der Waals surface area contributed by atoms with Crippen molar-refractivity contribution in [1.29, 1.82) is 0 Å². The molecular weight excluding hydrogens is 500 g/mol. The highest BCUT2D eigenvalue weighted by molar-refractivity contribution is 9.10. The maximum absolute atomic E-state index is 13.3. The number of halogens is 1. The van der Waals surface area contributed by atoms with Gasteiger partial charge in [0.15, 0.2) is 5.13 Å². The zero-order valence-electron chi connectivity index (χ0n) is 17.9. The average molecular weight is 519 g/mol. The Kier molecular flexibility index (Phi) is 5.38. The zero-order valence-corrected chi connectivity index (χ0v) is 20.3. The van der Waals surface area contributed by atoms with Gasteiger partial charge in [-0.1, -0.05) is 75.8 Å². The van der Waals surface area contributed by atoms with Crippen LogP contribution in [0.25, 0.3) is 16.0 Å². The van der Waals surface area contributed by atoms with Crippen LogP contribution in [0.4, 0.5) is 5.13 Å². The van der Waals surface area contributed by atoms with Crippen molar-refractivity contribution >= 4 is 60.1 Å². The third kappa shape index (κ3) is 3.67. The van der Waals surface area contributed by atoms with E-state index >= 15 is 0 Å². The molecular formula is C26H19BrN2O3S. The number of amides is 1. The molecule has 2 heterocycles. The summed E-state index contributed by atoms with van der Waals surface area (Å²) in [7, 11) is 0. The van der Waals surface area contributed by atoms with E-state index in [1.165, 1.54) is 16.2 Å². The van der Waals surface area contributed by atoms with Gasteiger partial charge < -0.3 is 5.11 Å². The van der Waals surface area contributed by atoms with Gasteiger partial charge in [0.2, 0.25) is 0 Å². The molecule has 0 radical (unpaired) electrons. The zero-order chi connectivity index (χ0) is 23.3. The fourth-order valence-electron chi connectivity index (χ4n) is 4.20. The van der Waals surface area contributed by atoms with Crippen LogP contribution in [-0.2, 0) is 9.59 Å². The van der Waals surface area contributed by atoms with Gasteiger partial charge in [0.1, 0.15) is 5.76 Å². The van der Waals surface area contributed by atoms with Gasteiger partial charge in [0.25, 0.3) is 5.78 Å². The molecule has 3 aromatic carbocycles. The smallest absolute Gasteiger partial charge is 0.301 e. The molecule has 1 saturated heterocycles. The third-order valence-electron chi connectivity index (χ3n) is 5.70. The Morgan fingerprint density at radius 3 is 2.42 bits per heavy atom. The molecule has 5 rings (SSSR count). The van der Waals surface area contributed by atoms with Crippen LogP contribution in [0.5, 0.6) is 0 Å². The van der Waals surface area contributed by atoms with Gasteiger partial charge in [-0.25, -0.2) is 4.98 Å². The lowest BCUT2D eigenvalue weighted by Crippen LogP contribution is -2.29. The summed E-state index contributed by atoms with van der Waals surface area (Å²) in [4.78, 5) is 32.7. The fourth-order valence-corrected chi connectivity index (χ4v) is 5.64. The van der Waals surface area contributed by atoms with Crippen LogP contribution in [0.3, 0.4) is 0 Å². The topological polar surface area (TPSA) is 70.5 Å². The number of fused-ring (bicyclic) bond motifs is 1. The molecule has 0 bridgehead atoms. The second-order valence-corrected chi connectivity index (χ2v) is 9.94. The summed E-state index contributed by atoms with van der Waals surface area (Å²) >= 11 is 4.81. The largest absolute Gasteiger partial charge is 0.507 e. The highest BCUT2D eigenvalue weighted by atomic mass is 79.9. The van der Waals surface area contributed by atoms with E-state index in [4.69, 9.17) is 4.98 Å². The number of aromatic nitrogens is 1. The molecule has 1 fully saturated rings. The van der Waals surface area contributed by atoms with Gasteiger partial charge in [-0.05, 0) is 48.7 Å². The first-order chi connectivity index (χ1) is 15.8. The SMILES string of the molecule is Cc1cc(C)c2nc(N3C(=O)C(=O)/C(=C(/O)c4ccccc4)[C@@H]3c3ccc(Br)cc3)sc2c1. The first kappa shape index (κ1) is 21.6. The van der Waals surface area contributed by atoms with Gasteiger partial charge in [-0.2, -0.15) is 0 Å². The van der Waals surface area contributed by atoms with Crippen molar-refractivity contribution in [3.63, 3.8) is 0 Å². The Balaban J connectivity index is 1.75. The van der Waals surface area contributed by atoms with Crippen LogP contribution < -0.4 is 4.90 Å². The number of nitrogens with zero attached hydrogens (tertiary/aromatic N) is 2. The number of benzene rings is 3. The molecule has 4 aromatic rings. The standard InChI is InChI=1S/C26H19BrN2O3S/c1-14-12-15(2)21-19(13-14)33-26(28-21)29-22(16-8-10-18(27)11-9-16)20(24(31)25(29)32)23(30)17-6-4-3-5-7-17/h3-13,22,30H,1-2H3/b23-20+/t22-/m0/s1. The van der Waals surface area contributed by atoms with Crippen LogP contribution >= 0.6 is 27.3 Å². The van der Waals surface area contributed by atoms with Crippen LogP contribution in [0.1, 0.15) is 28.3 Å². The minimum absolute atomic E-state index is 0.0562. The number of aliphatic hydroxyl groups excluding tert-OH is 1. The van der Waals surface area contributed by atoms with Crippen molar-refractivity contribution in [1.82, 2.24) is 4.98 Å². The van der Waals surface area contributed by atoms with E-state index in [2.05, 4.69) is 15.9 Å². The maximum atomic E-state index is 13.3. The van der Waals surface area contributed by atoms with Gasteiger partial charge in [-0.3, -0.25) is 14.5 Å². The Labute approximate surface area is 203 Å². The van der Waals surface area contributed by atoms with Crippen molar-refractivity contribution in [2.45, 2.75) is 19.9 Å². The summed E-state index contributed by atoms with van der Waals surface area (Å²) in [6, 6.07) is 19.5. The molecule has 1 aromatic heterocycles. The van der Waals surface area contributed by atoms with E-state index in [0.29, 0.717) is 16.3 Å². The van der Waals surface area contributed by atoms with E-state index in [-0.39, 0.29) is 11.3 Å². The molecule has 1 atom stereocenters. The number of anilines is 1. The predicted octanol–water partition coefficient (Wildman–Crippen LogP) is 6.30. The van der Waals surface area contributed by atoms with Crippen molar-refractivity contribution in [2.24, 2.45) is 0 Å².